The third kappa shape index (κ3) is 20.9. The summed E-state index contributed by atoms with van der Waals surface area (Å²) >= 11 is 0. The Hall–Kier alpha value is -11.3. The van der Waals surface area contributed by atoms with Crippen molar-refractivity contribution in [1.29, 1.82) is 0 Å². The van der Waals surface area contributed by atoms with Crippen LogP contribution in [0.1, 0.15) is 92.9 Å². The van der Waals surface area contributed by atoms with E-state index in [9.17, 15) is 53.1 Å². The number of likely N-dealkylation sites (tertiary alicyclic amines) is 1. The lowest BCUT2D eigenvalue weighted by atomic mass is 9.98. The van der Waals surface area contributed by atoms with Gasteiger partial charge in [-0.15, -0.1) is 0 Å². The number of aromatic nitrogens is 3. The van der Waals surface area contributed by atoms with Crippen molar-refractivity contribution in [2.75, 3.05) is 19.7 Å². The Bertz CT molecular complexity index is 3980. The van der Waals surface area contributed by atoms with E-state index in [4.69, 9.17) is 27.7 Å². The minimum absolute atomic E-state index is 0.00550. The maximum atomic E-state index is 15.2. The summed E-state index contributed by atoms with van der Waals surface area (Å²) in [5.74, 6) is -8.51. The van der Waals surface area contributed by atoms with Crippen LogP contribution in [0.15, 0.2) is 115 Å². The number of rotatable bonds is 31. The van der Waals surface area contributed by atoms with Crippen molar-refractivity contribution in [3.05, 3.63) is 132 Å². The van der Waals surface area contributed by atoms with Gasteiger partial charge in [-0.25, -0.2) is 15.2 Å². The smallest absolute Gasteiger partial charge is 0.330 e. The van der Waals surface area contributed by atoms with E-state index < -0.39 is 126 Å². The van der Waals surface area contributed by atoms with Crippen LogP contribution in [-0.2, 0) is 73.6 Å². The van der Waals surface area contributed by atoms with E-state index in [-0.39, 0.29) is 100 Å². The van der Waals surface area contributed by atoms with E-state index in [1.54, 1.807) is 50.4 Å². The molecule has 32 nitrogen and oxygen atoms in total. The molecule has 0 unspecified atom stereocenters. The Kier molecular flexibility index (Phi) is 25.7. The zero-order valence-corrected chi connectivity index (χ0v) is 54.9. The molecule has 4 aromatic carbocycles. The van der Waals surface area contributed by atoms with Crippen molar-refractivity contribution >= 4 is 98.7 Å². The number of nitrogens with one attached hydrogen (secondary N) is 10. The van der Waals surface area contributed by atoms with E-state index in [0.29, 0.717) is 40.4 Å². The molecule has 0 bridgehead atoms. The second-order valence-electron chi connectivity index (χ2n) is 24.8. The number of H-pyrrole nitrogens is 1. The quantitative estimate of drug-likeness (QED) is 0.00598. The first-order chi connectivity index (χ1) is 47.3. The molecule has 2 fully saturated rings. The summed E-state index contributed by atoms with van der Waals surface area (Å²) in [6.45, 7) is 3.93. The third-order valence-corrected chi connectivity index (χ3v) is 16.7. The summed E-state index contributed by atoms with van der Waals surface area (Å²) < 4.78 is 6.42. The number of amides is 11. The van der Waals surface area contributed by atoms with Gasteiger partial charge in [0, 0.05) is 75.4 Å². The number of aliphatic hydroxyl groups is 1. The topological polar surface area (TPSA) is 496 Å². The Morgan fingerprint density at radius 2 is 1.30 bits per heavy atom. The van der Waals surface area contributed by atoms with Gasteiger partial charge in [-0.05, 0) is 90.1 Å². The molecule has 0 radical (unpaired) electrons. The zero-order valence-electron chi connectivity index (χ0n) is 54.9. The van der Waals surface area contributed by atoms with Gasteiger partial charge in [0.05, 0.1) is 18.3 Å². The average molecular weight is 1370 g/mol. The Balaban J connectivity index is 1.05. The lowest BCUT2D eigenvalue weighted by Gasteiger charge is -2.30. The molecule has 11 amide bonds. The van der Waals surface area contributed by atoms with Crippen LogP contribution >= 0.6 is 0 Å². The lowest BCUT2D eigenvalue weighted by molar-refractivity contribution is -0.142. The number of nitrogens with two attached hydrogens (primary N) is 4. The number of urea groups is 1. The molecule has 2 aromatic heterocycles. The molecule has 19 N–H and O–H groups in total. The molecular formula is C67H84N18O14. The molecule has 32 heteroatoms. The third-order valence-electron chi connectivity index (χ3n) is 16.7. The fourth-order valence-electron chi connectivity index (χ4n) is 11.7. The van der Waals surface area contributed by atoms with E-state index in [0.717, 1.165) is 10.8 Å². The number of para-hydroxylation sites is 1. The van der Waals surface area contributed by atoms with Crippen LogP contribution < -0.4 is 75.7 Å². The predicted octanol–water partition coefficient (Wildman–Crippen LogP) is -1.35. The fraction of sp³-hybridized carbons (Fsp3) is 0.403. The van der Waals surface area contributed by atoms with Crippen LogP contribution in [0.25, 0.3) is 21.7 Å². The number of nitrogens with zero attached hydrogens (tertiary/aromatic N) is 4. The SMILES string of the molecule is CC(=O)Oc1ccc(C[C@H](NC(=O)[C@H](CO)NC(=O)[C@H](Cc2c[nH]c3ccccc23)NC(=O)[C@@H](N)Cc2cn(C(=O)[C@@H]3CCC(=O)N3)cn2)C(=O)N[C@@H](Cc2ccc3ccccc3c2)C(=O)N[C@@H](CC(C)C)C(=O)N[C@@H](CCCN=C(N)N)C(=O)N2CCC[C@H]2C(=O)NNC(N)=O)cc1. The standard InChI is InChI=1S/C67H84N18O14/c1-36(2)26-50(58(90)76-48(14-8-24-72-66(69)70)65(97)85-25-9-15-55(85)63(95)82-83-67(71)98)78-60(92)52(29-39-16-19-40-10-4-5-11-41(40)27-39)79-59(91)51(28-38-17-20-44(21-18-38)99-37(3)87)80-62(94)54(34-86)81-61(93)53(30-42-32-73-47-13-7-6-12-45(42)47)77-57(89)46(68)31-43-33-84(35-74-43)64(96)49-22-23-56(88)75-49/h4-7,10-13,16-21,27,32-33,35-36,46,48-55,73,86H,8-9,14-15,22-26,28-31,34,68H2,1-3H3,(H,75,88)(H,76,90)(H,77,89)(H,78,92)(H,79,91)(H,80,94)(H,81,93)(H,82,95)(H4,69,70,72)(H3,71,83,98)/t46-,48-,49-,50-,51-,52-,53-,54-,55-/m0/s1. The highest BCUT2D eigenvalue weighted by Gasteiger charge is 2.40. The highest BCUT2D eigenvalue weighted by Crippen LogP contribution is 2.24. The number of aliphatic hydroxyl groups excluding tert-OH is 1. The van der Waals surface area contributed by atoms with Gasteiger partial charge < -0.3 is 79.9 Å². The molecule has 2 saturated heterocycles. The lowest BCUT2D eigenvalue weighted by Crippen LogP contribution is -2.61. The number of hydrazine groups is 1. The van der Waals surface area contributed by atoms with Gasteiger partial charge >= 0.3 is 12.0 Å². The second kappa shape index (κ2) is 34.6. The normalized spacial score (nSPS) is 16.3. The molecule has 526 valence electrons. The number of aliphatic imine (C=N–C) groups is 1. The number of hydrogen-bond acceptors (Lipinski definition) is 17. The Morgan fingerprint density at radius 3 is 1.96 bits per heavy atom. The zero-order chi connectivity index (χ0) is 71.4. The molecule has 2 aliphatic heterocycles. The minimum Gasteiger partial charge on any atom is -0.427 e. The van der Waals surface area contributed by atoms with Gasteiger partial charge in [0.25, 0.3) is 11.8 Å². The van der Waals surface area contributed by atoms with Crippen LogP contribution in [0, 0.1) is 5.92 Å². The number of hydrogen-bond donors (Lipinski definition) is 15. The summed E-state index contributed by atoms with van der Waals surface area (Å²) in [5.41, 5.74) is 29.4. The largest absolute Gasteiger partial charge is 0.427 e. The first-order valence-corrected chi connectivity index (χ1v) is 32.4. The Labute approximate surface area is 568 Å². The summed E-state index contributed by atoms with van der Waals surface area (Å²) in [7, 11) is 0. The first kappa shape index (κ1) is 73.5. The molecule has 0 spiro atoms. The number of aromatic amines is 1. The number of carbonyl (C=O) groups excluding carboxylic acids is 12. The molecule has 6 aromatic rings. The van der Waals surface area contributed by atoms with Crippen molar-refractivity contribution in [2.24, 2.45) is 33.8 Å². The molecule has 0 saturated carbocycles. The van der Waals surface area contributed by atoms with Crippen LogP contribution in [0.2, 0.25) is 0 Å². The maximum Gasteiger partial charge on any atom is 0.330 e. The van der Waals surface area contributed by atoms with E-state index in [1.165, 1.54) is 53.2 Å². The number of esters is 1. The van der Waals surface area contributed by atoms with E-state index in [2.05, 4.69) is 57.6 Å². The van der Waals surface area contributed by atoms with Crippen molar-refractivity contribution in [3.8, 4) is 5.75 Å². The fourth-order valence-corrected chi connectivity index (χ4v) is 11.7. The van der Waals surface area contributed by atoms with Crippen LogP contribution in [0.4, 0.5) is 4.79 Å². The highest BCUT2D eigenvalue weighted by atomic mass is 16.5. The van der Waals surface area contributed by atoms with Crippen LogP contribution in [0.5, 0.6) is 5.75 Å². The summed E-state index contributed by atoms with van der Waals surface area (Å²) in [4.78, 5) is 177. The molecule has 99 heavy (non-hydrogen) atoms. The molecule has 0 aliphatic carbocycles. The van der Waals surface area contributed by atoms with Gasteiger partial charge in [-0.3, -0.25) is 67.7 Å². The van der Waals surface area contributed by atoms with Gasteiger partial charge in [0.2, 0.25) is 47.3 Å². The number of ether oxygens (including phenoxy) is 1. The number of carbonyl (C=O) groups is 12. The number of fused-ring (bicyclic) bond motifs is 2. The molecule has 9 atom stereocenters. The van der Waals surface area contributed by atoms with Gasteiger partial charge in [-0.1, -0.05) is 86.6 Å². The average Bonchev–Trinajstić information content (AvgIpc) is 1.81. The summed E-state index contributed by atoms with van der Waals surface area (Å²) in [6, 6.07) is 12.7. The predicted molar refractivity (Wildman–Crippen MR) is 360 cm³/mol. The first-order valence-electron chi connectivity index (χ1n) is 32.4. The van der Waals surface area contributed by atoms with E-state index in [1.807, 2.05) is 41.8 Å². The monoisotopic (exact) mass is 1360 g/mol. The molecular weight excluding hydrogens is 1280 g/mol. The van der Waals surface area contributed by atoms with E-state index >= 15 is 9.59 Å². The number of benzene rings is 4. The summed E-state index contributed by atoms with van der Waals surface area (Å²) in [5, 5.41) is 32.1. The second-order valence-corrected chi connectivity index (χ2v) is 24.8. The van der Waals surface area contributed by atoms with Crippen LogP contribution in [-0.4, -0.2) is 176 Å². The number of guanidine groups is 1. The maximum absolute atomic E-state index is 15.2. The van der Waals surface area contributed by atoms with Crippen LogP contribution in [0.3, 0.4) is 0 Å². The summed E-state index contributed by atoms with van der Waals surface area (Å²) in [6.07, 6.45) is 4.64. The molecule has 2 aliphatic rings. The van der Waals surface area contributed by atoms with Crippen molar-refractivity contribution in [3.63, 3.8) is 0 Å². The van der Waals surface area contributed by atoms with Crippen molar-refractivity contribution < 1.29 is 67.4 Å². The minimum atomic E-state index is -1.80. The van der Waals surface area contributed by atoms with Crippen molar-refractivity contribution in [2.45, 2.75) is 146 Å². The van der Waals surface area contributed by atoms with Gasteiger partial charge in [-0.2, -0.15) is 0 Å². The van der Waals surface area contributed by atoms with Gasteiger partial charge in [0.1, 0.15) is 60.4 Å². The number of primary amides is 1. The highest BCUT2D eigenvalue weighted by molar-refractivity contribution is 5.99. The van der Waals surface area contributed by atoms with Gasteiger partial charge in [0.15, 0.2) is 5.96 Å². The van der Waals surface area contributed by atoms with Crippen molar-refractivity contribution in [1.82, 2.24) is 67.5 Å². The Morgan fingerprint density at radius 1 is 0.697 bits per heavy atom. The number of imidazole rings is 1. The molecule has 4 heterocycles. The molecule has 8 rings (SSSR count).